The lowest BCUT2D eigenvalue weighted by Crippen LogP contribution is -2.32. The van der Waals surface area contributed by atoms with E-state index in [-0.39, 0.29) is 12.1 Å². The highest BCUT2D eigenvalue weighted by molar-refractivity contribution is 5.31. The molecule has 18 heavy (non-hydrogen) atoms. The second kappa shape index (κ2) is 6.21. The van der Waals surface area contributed by atoms with Gasteiger partial charge < -0.3 is 4.74 Å². The van der Waals surface area contributed by atoms with E-state index < -0.39 is 0 Å². The number of rotatable bonds is 5. The second-order valence-corrected chi connectivity index (χ2v) is 5.43. The molecule has 1 aromatic carbocycles. The van der Waals surface area contributed by atoms with Crippen LogP contribution in [0.25, 0.3) is 0 Å². The normalized spacial score (nSPS) is 18.2. The van der Waals surface area contributed by atoms with E-state index in [1.807, 2.05) is 26.0 Å². The van der Waals surface area contributed by atoms with Gasteiger partial charge in [-0.25, -0.2) is 0 Å². The molecular weight excluding hydrogens is 224 g/mol. The molecule has 100 valence electrons. The molecule has 0 spiro atoms. The van der Waals surface area contributed by atoms with Crippen LogP contribution < -0.4 is 16.0 Å². The lowest BCUT2D eigenvalue weighted by Gasteiger charge is -2.23. The van der Waals surface area contributed by atoms with Gasteiger partial charge >= 0.3 is 0 Å². The molecule has 2 rings (SSSR count). The minimum absolute atomic E-state index is 0.205. The molecule has 1 fully saturated rings. The van der Waals surface area contributed by atoms with Gasteiger partial charge in [-0.15, -0.1) is 0 Å². The molecule has 0 bridgehead atoms. The van der Waals surface area contributed by atoms with Crippen LogP contribution in [0.3, 0.4) is 0 Å². The van der Waals surface area contributed by atoms with Gasteiger partial charge in [0.05, 0.1) is 6.10 Å². The Bertz CT molecular complexity index is 373. The van der Waals surface area contributed by atoms with Gasteiger partial charge in [0.15, 0.2) is 0 Å². The van der Waals surface area contributed by atoms with Crippen LogP contribution in [-0.4, -0.2) is 6.10 Å². The molecule has 0 amide bonds. The first-order chi connectivity index (χ1) is 8.70. The Labute approximate surface area is 110 Å². The van der Waals surface area contributed by atoms with Gasteiger partial charge in [-0.2, -0.15) is 0 Å². The number of benzene rings is 1. The van der Waals surface area contributed by atoms with Crippen molar-refractivity contribution in [3.05, 3.63) is 29.8 Å². The standard InChI is InChI=1S/C15H24N2O/c1-11(2)18-14-9-5-8-13(10-14)15(17-16)12-6-3-4-7-12/h5,8-12,15,17H,3-4,6-7,16H2,1-2H3. The summed E-state index contributed by atoms with van der Waals surface area (Å²) in [5.41, 5.74) is 4.22. The monoisotopic (exact) mass is 248 g/mol. The summed E-state index contributed by atoms with van der Waals surface area (Å²) >= 11 is 0. The van der Waals surface area contributed by atoms with E-state index >= 15 is 0 Å². The van der Waals surface area contributed by atoms with Crippen molar-refractivity contribution in [1.29, 1.82) is 0 Å². The first kappa shape index (κ1) is 13.4. The number of hydrazine groups is 1. The molecule has 1 aliphatic rings. The fourth-order valence-corrected chi connectivity index (χ4v) is 2.85. The number of nitrogens with two attached hydrogens (primary N) is 1. The molecule has 0 heterocycles. The Hall–Kier alpha value is -1.06. The van der Waals surface area contributed by atoms with Crippen molar-refractivity contribution in [2.75, 3.05) is 0 Å². The molecular formula is C15H24N2O. The Morgan fingerprint density at radius 3 is 2.61 bits per heavy atom. The third-order valence-electron chi connectivity index (χ3n) is 3.64. The van der Waals surface area contributed by atoms with E-state index in [0.717, 1.165) is 5.75 Å². The minimum atomic E-state index is 0.205. The zero-order valence-corrected chi connectivity index (χ0v) is 11.4. The fourth-order valence-electron chi connectivity index (χ4n) is 2.85. The SMILES string of the molecule is CC(C)Oc1cccc(C(NN)C2CCCC2)c1. The molecule has 1 aliphatic carbocycles. The summed E-state index contributed by atoms with van der Waals surface area (Å²) in [6.07, 6.45) is 5.39. The maximum atomic E-state index is 5.75. The molecule has 0 saturated heterocycles. The highest BCUT2D eigenvalue weighted by Gasteiger charge is 2.25. The minimum Gasteiger partial charge on any atom is -0.491 e. The van der Waals surface area contributed by atoms with E-state index in [4.69, 9.17) is 10.6 Å². The Kier molecular flexibility index (Phi) is 4.61. The molecule has 0 radical (unpaired) electrons. The Morgan fingerprint density at radius 2 is 2.00 bits per heavy atom. The van der Waals surface area contributed by atoms with Crippen LogP contribution in [0.2, 0.25) is 0 Å². The number of nitrogens with one attached hydrogen (secondary N) is 1. The van der Waals surface area contributed by atoms with Crippen LogP contribution in [0.5, 0.6) is 5.75 Å². The van der Waals surface area contributed by atoms with Crippen molar-refractivity contribution in [2.45, 2.75) is 51.7 Å². The summed E-state index contributed by atoms with van der Waals surface area (Å²) in [4.78, 5) is 0. The molecule has 3 heteroatoms. The summed E-state index contributed by atoms with van der Waals surface area (Å²) in [6, 6.07) is 8.56. The van der Waals surface area contributed by atoms with Crippen LogP contribution in [-0.2, 0) is 0 Å². The molecule has 1 saturated carbocycles. The number of hydrogen-bond donors (Lipinski definition) is 2. The number of ether oxygens (including phenoxy) is 1. The fraction of sp³-hybridized carbons (Fsp3) is 0.600. The van der Waals surface area contributed by atoms with E-state index in [1.54, 1.807) is 0 Å². The van der Waals surface area contributed by atoms with Crippen molar-refractivity contribution in [2.24, 2.45) is 11.8 Å². The van der Waals surface area contributed by atoms with Crippen molar-refractivity contribution in [3.8, 4) is 5.75 Å². The van der Waals surface area contributed by atoms with Gasteiger partial charge in [0.1, 0.15) is 5.75 Å². The summed E-state index contributed by atoms with van der Waals surface area (Å²) in [6.45, 7) is 4.09. The lowest BCUT2D eigenvalue weighted by atomic mass is 9.92. The van der Waals surface area contributed by atoms with Crippen LogP contribution >= 0.6 is 0 Å². The lowest BCUT2D eigenvalue weighted by molar-refractivity contribution is 0.241. The van der Waals surface area contributed by atoms with Crippen molar-refractivity contribution in [1.82, 2.24) is 5.43 Å². The largest absolute Gasteiger partial charge is 0.491 e. The smallest absolute Gasteiger partial charge is 0.120 e. The zero-order chi connectivity index (χ0) is 13.0. The van der Waals surface area contributed by atoms with E-state index in [2.05, 4.69) is 17.6 Å². The highest BCUT2D eigenvalue weighted by Crippen LogP contribution is 2.36. The Morgan fingerprint density at radius 1 is 1.28 bits per heavy atom. The molecule has 1 atom stereocenters. The predicted octanol–water partition coefficient (Wildman–Crippen LogP) is 3.17. The molecule has 1 unspecified atom stereocenters. The summed E-state index contributed by atoms with van der Waals surface area (Å²) in [5, 5.41) is 0. The van der Waals surface area contributed by atoms with Crippen molar-refractivity contribution < 1.29 is 4.74 Å². The summed E-state index contributed by atoms with van der Waals surface area (Å²) in [5.74, 6) is 7.33. The number of hydrogen-bond acceptors (Lipinski definition) is 3. The van der Waals surface area contributed by atoms with Crippen LogP contribution in [0.15, 0.2) is 24.3 Å². The van der Waals surface area contributed by atoms with Crippen LogP contribution in [0.4, 0.5) is 0 Å². The highest BCUT2D eigenvalue weighted by atomic mass is 16.5. The third kappa shape index (κ3) is 3.24. The van der Waals surface area contributed by atoms with Gasteiger partial charge in [0.25, 0.3) is 0 Å². The van der Waals surface area contributed by atoms with E-state index in [0.29, 0.717) is 5.92 Å². The van der Waals surface area contributed by atoms with Gasteiger partial charge in [-0.1, -0.05) is 25.0 Å². The van der Waals surface area contributed by atoms with Crippen LogP contribution in [0, 0.1) is 5.92 Å². The predicted molar refractivity (Wildman–Crippen MR) is 74.2 cm³/mol. The van der Waals surface area contributed by atoms with Gasteiger partial charge in [-0.3, -0.25) is 11.3 Å². The van der Waals surface area contributed by atoms with E-state index in [1.165, 1.54) is 31.2 Å². The third-order valence-corrected chi connectivity index (χ3v) is 3.64. The van der Waals surface area contributed by atoms with E-state index in [9.17, 15) is 0 Å². The van der Waals surface area contributed by atoms with Gasteiger partial charge in [0, 0.05) is 6.04 Å². The van der Waals surface area contributed by atoms with Crippen molar-refractivity contribution in [3.63, 3.8) is 0 Å². The average molecular weight is 248 g/mol. The van der Waals surface area contributed by atoms with Crippen molar-refractivity contribution >= 4 is 0 Å². The Balaban J connectivity index is 2.14. The quantitative estimate of drug-likeness (QED) is 0.621. The van der Waals surface area contributed by atoms with Gasteiger partial charge in [0.2, 0.25) is 0 Å². The molecule has 0 aliphatic heterocycles. The maximum Gasteiger partial charge on any atom is 0.120 e. The van der Waals surface area contributed by atoms with Crippen LogP contribution in [0.1, 0.15) is 51.1 Å². The molecule has 0 aromatic heterocycles. The summed E-state index contributed by atoms with van der Waals surface area (Å²) < 4.78 is 5.74. The second-order valence-electron chi connectivity index (χ2n) is 5.43. The van der Waals surface area contributed by atoms with Gasteiger partial charge in [-0.05, 0) is 50.3 Å². The first-order valence-corrected chi connectivity index (χ1v) is 6.93. The average Bonchev–Trinajstić information content (AvgIpc) is 2.83. The topological polar surface area (TPSA) is 47.3 Å². The first-order valence-electron chi connectivity index (χ1n) is 6.93. The molecule has 1 aromatic rings. The maximum absolute atomic E-state index is 5.75. The summed E-state index contributed by atoms with van der Waals surface area (Å²) in [7, 11) is 0. The molecule has 3 nitrogen and oxygen atoms in total. The molecule has 3 N–H and O–H groups in total. The zero-order valence-electron chi connectivity index (χ0n) is 11.4.